The van der Waals surface area contributed by atoms with Crippen LogP contribution in [0.15, 0.2) is 29.7 Å². The Balaban J connectivity index is -0.000000175. The van der Waals surface area contributed by atoms with Gasteiger partial charge in [-0.3, -0.25) is 0 Å². The van der Waals surface area contributed by atoms with E-state index >= 15 is 0 Å². The first-order valence-electron chi connectivity index (χ1n) is 4.17. The van der Waals surface area contributed by atoms with Crippen LogP contribution < -0.4 is 0 Å². The Morgan fingerprint density at radius 2 is 1.50 bits per heavy atom. The highest BCUT2D eigenvalue weighted by atomic mass is 19.1. The second-order valence-corrected chi connectivity index (χ2v) is 1.48. The van der Waals surface area contributed by atoms with Crippen molar-refractivity contribution in [3.05, 3.63) is 24.7 Å². The molecule has 0 aromatic carbocycles. The predicted octanol–water partition coefficient (Wildman–Crippen LogP) is 4.13. The van der Waals surface area contributed by atoms with Gasteiger partial charge in [-0.2, -0.15) is 4.39 Å². The van der Waals surface area contributed by atoms with Crippen LogP contribution in [0.25, 0.3) is 0 Å². The smallest absolute Gasteiger partial charge is 0.205 e. The summed E-state index contributed by atoms with van der Waals surface area (Å²) in [6, 6.07) is 0. The van der Waals surface area contributed by atoms with Gasteiger partial charge in [-0.25, -0.2) is 4.99 Å². The second kappa shape index (κ2) is 16.6. The molecule has 0 N–H and O–H groups in total. The molecule has 0 atom stereocenters. The van der Waals surface area contributed by atoms with Gasteiger partial charge in [-0.1, -0.05) is 34.3 Å². The van der Waals surface area contributed by atoms with Crippen LogP contribution in [0.5, 0.6) is 0 Å². The van der Waals surface area contributed by atoms with E-state index in [9.17, 15) is 4.39 Å². The van der Waals surface area contributed by atoms with E-state index in [1.807, 2.05) is 27.7 Å². The summed E-state index contributed by atoms with van der Waals surface area (Å²) in [5, 5.41) is 0. The lowest BCUT2D eigenvalue weighted by Gasteiger charge is -1.81. The molecule has 0 aromatic heterocycles. The summed E-state index contributed by atoms with van der Waals surface area (Å²) in [6.07, 6.45) is 1.32. The molecule has 72 valence electrons. The minimum absolute atomic E-state index is 0.687. The molecule has 0 aliphatic rings. The number of halogens is 1. The zero-order valence-corrected chi connectivity index (χ0v) is 8.82. The van der Waals surface area contributed by atoms with E-state index in [1.54, 1.807) is 6.92 Å². The SMILES string of the molecule is C=C(C)/C=N\C(=C)F.CC.CC. The largest absolute Gasteiger partial charge is 0.229 e. The van der Waals surface area contributed by atoms with Crippen LogP contribution in [0.3, 0.4) is 0 Å². The van der Waals surface area contributed by atoms with Gasteiger partial charge in [0, 0.05) is 6.21 Å². The molecular formula is C10H20FN. The molecule has 12 heavy (non-hydrogen) atoms. The zero-order chi connectivity index (χ0) is 10.6. The van der Waals surface area contributed by atoms with Crippen molar-refractivity contribution in [2.75, 3.05) is 0 Å². The molecule has 0 amide bonds. The lowest BCUT2D eigenvalue weighted by molar-refractivity contribution is 0.634. The van der Waals surface area contributed by atoms with Crippen LogP contribution >= 0.6 is 0 Å². The van der Waals surface area contributed by atoms with Crippen molar-refractivity contribution in [3.8, 4) is 0 Å². The third-order valence-corrected chi connectivity index (χ3v) is 0.425. The van der Waals surface area contributed by atoms with E-state index < -0.39 is 5.95 Å². The lowest BCUT2D eigenvalue weighted by atomic mass is 10.4. The Labute approximate surface area is 75.7 Å². The number of nitrogens with zero attached hydrogens (tertiary/aromatic N) is 1. The number of hydrogen-bond donors (Lipinski definition) is 0. The Morgan fingerprint density at radius 1 is 1.17 bits per heavy atom. The molecule has 0 aromatic rings. The van der Waals surface area contributed by atoms with Crippen LogP contribution in [0.4, 0.5) is 4.39 Å². The molecule has 2 heteroatoms. The van der Waals surface area contributed by atoms with Crippen molar-refractivity contribution in [1.82, 2.24) is 0 Å². The average Bonchev–Trinajstić information content (AvgIpc) is 2.08. The molecular weight excluding hydrogens is 153 g/mol. The summed E-state index contributed by atoms with van der Waals surface area (Å²) in [6.45, 7) is 16.1. The van der Waals surface area contributed by atoms with Crippen LogP contribution in [0.2, 0.25) is 0 Å². The van der Waals surface area contributed by atoms with Gasteiger partial charge in [-0.15, -0.1) is 0 Å². The Bertz CT molecular complexity index is 121. The number of allylic oxidation sites excluding steroid dienone is 1. The van der Waals surface area contributed by atoms with E-state index in [0.717, 1.165) is 0 Å². The van der Waals surface area contributed by atoms with E-state index in [2.05, 4.69) is 18.2 Å². The summed E-state index contributed by atoms with van der Waals surface area (Å²) in [7, 11) is 0. The fraction of sp³-hybridized carbons (Fsp3) is 0.500. The molecule has 0 fully saturated rings. The molecule has 0 radical (unpaired) electrons. The van der Waals surface area contributed by atoms with Gasteiger partial charge in [0.25, 0.3) is 0 Å². The molecule has 0 heterocycles. The summed E-state index contributed by atoms with van der Waals surface area (Å²) >= 11 is 0. The molecule has 0 spiro atoms. The average molecular weight is 173 g/mol. The summed E-state index contributed by atoms with van der Waals surface area (Å²) < 4.78 is 11.6. The monoisotopic (exact) mass is 173 g/mol. The number of rotatable bonds is 2. The highest BCUT2D eigenvalue weighted by Gasteiger charge is 1.77. The highest BCUT2D eigenvalue weighted by Crippen LogP contribution is 1.91. The maximum Gasteiger partial charge on any atom is 0.205 e. The Morgan fingerprint density at radius 3 is 1.58 bits per heavy atom. The van der Waals surface area contributed by atoms with Crippen molar-refractivity contribution in [2.45, 2.75) is 34.6 Å². The van der Waals surface area contributed by atoms with Gasteiger partial charge in [0.05, 0.1) is 0 Å². The zero-order valence-electron chi connectivity index (χ0n) is 8.82. The molecule has 0 bridgehead atoms. The first-order chi connectivity index (χ1) is 5.63. The maximum atomic E-state index is 11.6. The van der Waals surface area contributed by atoms with Crippen LogP contribution in [-0.4, -0.2) is 6.21 Å². The van der Waals surface area contributed by atoms with E-state index in [1.165, 1.54) is 6.21 Å². The third kappa shape index (κ3) is 35.6. The van der Waals surface area contributed by atoms with Gasteiger partial charge < -0.3 is 0 Å². The van der Waals surface area contributed by atoms with Crippen LogP contribution in [-0.2, 0) is 0 Å². The lowest BCUT2D eigenvalue weighted by Crippen LogP contribution is -1.71. The number of hydrogen-bond acceptors (Lipinski definition) is 1. The molecule has 0 aliphatic carbocycles. The molecule has 0 unspecified atom stereocenters. The quantitative estimate of drug-likeness (QED) is 0.440. The van der Waals surface area contributed by atoms with Gasteiger partial charge in [0.15, 0.2) is 0 Å². The van der Waals surface area contributed by atoms with Crippen LogP contribution in [0, 0.1) is 0 Å². The Hall–Kier alpha value is -0.920. The Kier molecular flexibility index (Phi) is 23.8. The minimum atomic E-state index is -0.687. The van der Waals surface area contributed by atoms with Gasteiger partial charge >= 0.3 is 0 Å². The highest BCUT2D eigenvalue weighted by molar-refractivity contribution is 5.77. The molecule has 0 saturated carbocycles. The first kappa shape index (κ1) is 17.2. The van der Waals surface area contributed by atoms with Crippen molar-refractivity contribution in [2.24, 2.45) is 4.99 Å². The van der Waals surface area contributed by atoms with Crippen LogP contribution in [0.1, 0.15) is 34.6 Å². The van der Waals surface area contributed by atoms with Crippen molar-refractivity contribution >= 4 is 6.21 Å². The summed E-state index contributed by atoms with van der Waals surface area (Å²) in [4.78, 5) is 3.24. The fourth-order valence-corrected chi connectivity index (χ4v) is 0.180. The predicted molar refractivity (Wildman–Crippen MR) is 56.3 cm³/mol. The van der Waals surface area contributed by atoms with Crippen molar-refractivity contribution < 1.29 is 4.39 Å². The molecule has 0 rings (SSSR count). The van der Waals surface area contributed by atoms with E-state index in [4.69, 9.17) is 0 Å². The topological polar surface area (TPSA) is 12.4 Å². The summed E-state index contributed by atoms with van der Waals surface area (Å²) in [5.74, 6) is -0.687. The maximum absolute atomic E-state index is 11.6. The van der Waals surface area contributed by atoms with Crippen molar-refractivity contribution in [3.63, 3.8) is 0 Å². The second-order valence-electron chi connectivity index (χ2n) is 1.48. The molecule has 0 aliphatic heterocycles. The molecule has 0 saturated heterocycles. The summed E-state index contributed by atoms with van der Waals surface area (Å²) in [5.41, 5.74) is 0.712. The normalized spacial score (nSPS) is 7.50. The van der Waals surface area contributed by atoms with Crippen molar-refractivity contribution in [1.29, 1.82) is 0 Å². The van der Waals surface area contributed by atoms with Gasteiger partial charge in [0.1, 0.15) is 0 Å². The van der Waals surface area contributed by atoms with Gasteiger partial charge in [0.2, 0.25) is 5.95 Å². The fourth-order valence-electron chi connectivity index (χ4n) is 0.180. The molecule has 1 nitrogen and oxygen atoms in total. The first-order valence-corrected chi connectivity index (χ1v) is 4.17. The number of aliphatic imine (C=N–C) groups is 1. The third-order valence-electron chi connectivity index (χ3n) is 0.425. The van der Waals surface area contributed by atoms with Gasteiger partial charge in [-0.05, 0) is 19.1 Å². The van der Waals surface area contributed by atoms with E-state index in [-0.39, 0.29) is 0 Å². The van der Waals surface area contributed by atoms with E-state index in [0.29, 0.717) is 5.57 Å². The standard InChI is InChI=1S/C6H8FN.2C2H6/c1-5(2)4-8-6(3)7;2*1-2/h4H,1,3H2,2H3;2*1-2H3/b8-4-;;. The minimum Gasteiger partial charge on any atom is -0.229 e.